The van der Waals surface area contributed by atoms with Crippen LogP contribution in [-0.4, -0.2) is 36.6 Å². The highest BCUT2D eigenvalue weighted by molar-refractivity contribution is 9.10. The third kappa shape index (κ3) is 5.26. The predicted octanol–water partition coefficient (Wildman–Crippen LogP) is 5.68. The van der Waals surface area contributed by atoms with E-state index in [-0.39, 0.29) is 18.6 Å². The van der Waals surface area contributed by atoms with E-state index in [0.29, 0.717) is 28.5 Å². The predicted molar refractivity (Wildman–Crippen MR) is 130 cm³/mol. The second kappa shape index (κ2) is 10.2. The van der Waals surface area contributed by atoms with Gasteiger partial charge in [0.25, 0.3) is 5.91 Å². The van der Waals surface area contributed by atoms with Crippen molar-refractivity contribution in [1.29, 1.82) is 0 Å². The Morgan fingerprint density at radius 1 is 1.15 bits per heavy atom. The number of amides is 1. The summed E-state index contributed by atoms with van der Waals surface area (Å²) in [6.07, 6.45) is 1.28. The van der Waals surface area contributed by atoms with Gasteiger partial charge in [0.2, 0.25) is 0 Å². The van der Waals surface area contributed by atoms with E-state index < -0.39 is 0 Å². The molecule has 3 aromatic rings. The van der Waals surface area contributed by atoms with Gasteiger partial charge in [-0.25, -0.2) is 5.01 Å². The number of carbonyl (C=O) groups is 2. The summed E-state index contributed by atoms with van der Waals surface area (Å²) in [7, 11) is 1.48. The van der Waals surface area contributed by atoms with E-state index in [0.717, 1.165) is 27.6 Å². The average molecular weight is 528 g/mol. The third-order valence-corrected chi connectivity index (χ3v) is 6.00. The number of carbonyl (C=O) groups excluding carboxylic acids is 2. The molecule has 0 bridgehead atoms. The van der Waals surface area contributed by atoms with Crippen LogP contribution in [0.4, 0.5) is 0 Å². The molecule has 8 heteroatoms. The van der Waals surface area contributed by atoms with Gasteiger partial charge in [-0.05, 0) is 53.6 Å². The Hall–Kier alpha value is -3.16. The number of hydrazone groups is 1. The molecule has 0 radical (unpaired) electrons. The molecule has 3 aromatic carbocycles. The second-order valence-corrected chi connectivity index (χ2v) is 8.74. The lowest BCUT2D eigenvalue weighted by molar-refractivity contribution is -0.135. The second-order valence-electron chi connectivity index (χ2n) is 7.38. The molecule has 0 spiro atoms. The Bertz CT molecular complexity index is 1210. The van der Waals surface area contributed by atoms with Gasteiger partial charge in [0.1, 0.15) is 6.29 Å². The van der Waals surface area contributed by atoms with Crippen LogP contribution in [0, 0.1) is 0 Å². The molecule has 0 fully saturated rings. The smallest absolute Gasteiger partial charge is 0.281 e. The Kier molecular flexibility index (Phi) is 7.11. The summed E-state index contributed by atoms with van der Waals surface area (Å²) in [5.74, 6) is 0.442. The first-order valence-electron chi connectivity index (χ1n) is 10.2. The number of ether oxygens (including phenoxy) is 2. The van der Waals surface area contributed by atoms with Crippen LogP contribution in [0.5, 0.6) is 11.5 Å². The lowest BCUT2D eigenvalue weighted by atomic mass is 9.98. The lowest BCUT2D eigenvalue weighted by Crippen LogP contribution is -2.31. The molecule has 1 heterocycles. The van der Waals surface area contributed by atoms with Crippen LogP contribution in [0.25, 0.3) is 0 Å². The summed E-state index contributed by atoms with van der Waals surface area (Å²) in [4.78, 5) is 24.2. The zero-order valence-electron chi connectivity index (χ0n) is 17.7. The molecule has 6 nitrogen and oxygen atoms in total. The summed E-state index contributed by atoms with van der Waals surface area (Å²) < 4.78 is 12.0. The van der Waals surface area contributed by atoms with Crippen molar-refractivity contribution in [3.63, 3.8) is 0 Å². The van der Waals surface area contributed by atoms with E-state index in [4.69, 9.17) is 21.1 Å². The SMILES string of the molecule is COc1cc(C=O)ccc1OCC(=O)N1N=C(c2cccc(Br)c2)CC1c1ccc(Cl)cc1. The van der Waals surface area contributed by atoms with Crippen LogP contribution < -0.4 is 9.47 Å². The first-order chi connectivity index (χ1) is 16.0. The molecular weight excluding hydrogens is 508 g/mol. The molecule has 1 amide bonds. The van der Waals surface area contributed by atoms with Crippen molar-refractivity contribution in [2.45, 2.75) is 12.5 Å². The van der Waals surface area contributed by atoms with E-state index >= 15 is 0 Å². The number of hydrogen-bond acceptors (Lipinski definition) is 5. The minimum atomic E-state index is -0.304. The minimum Gasteiger partial charge on any atom is -0.493 e. The number of methoxy groups -OCH3 is 1. The van der Waals surface area contributed by atoms with Gasteiger partial charge in [0.15, 0.2) is 18.1 Å². The van der Waals surface area contributed by atoms with Crippen molar-refractivity contribution < 1.29 is 19.1 Å². The third-order valence-electron chi connectivity index (χ3n) is 5.25. The van der Waals surface area contributed by atoms with Gasteiger partial charge in [-0.1, -0.05) is 51.8 Å². The highest BCUT2D eigenvalue weighted by atomic mass is 79.9. The molecule has 33 heavy (non-hydrogen) atoms. The molecule has 1 atom stereocenters. The fourth-order valence-corrected chi connectivity index (χ4v) is 4.13. The highest BCUT2D eigenvalue weighted by Gasteiger charge is 2.33. The molecule has 1 aliphatic rings. The number of benzene rings is 3. The van der Waals surface area contributed by atoms with E-state index in [1.807, 2.05) is 36.4 Å². The molecule has 0 aromatic heterocycles. The maximum absolute atomic E-state index is 13.2. The first kappa shape index (κ1) is 23.0. The molecule has 1 unspecified atom stereocenters. The topological polar surface area (TPSA) is 68.2 Å². The van der Waals surface area contributed by atoms with E-state index in [2.05, 4.69) is 21.0 Å². The van der Waals surface area contributed by atoms with Crippen LogP contribution in [0.2, 0.25) is 5.02 Å². The fourth-order valence-electron chi connectivity index (χ4n) is 3.61. The number of aldehydes is 1. The summed E-state index contributed by atoms with van der Waals surface area (Å²) in [5.41, 5.74) is 3.12. The Morgan fingerprint density at radius 3 is 2.64 bits per heavy atom. The molecule has 0 saturated carbocycles. The summed E-state index contributed by atoms with van der Waals surface area (Å²) in [6.45, 7) is -0.240. The molecule has 4 rings (SSSR count). The summed E-state index contributed by atoms with van der Waals surface area (Å²) >= 11 is 9.55. The zero-order chi connectivity index (χ0) is 23.4. The van der Waals surface area contributed by atoms with Crippen molar-refractivity contribution in [2.75, 3.05) is 13.7 Å². The monoisotopic (exact) mass is 526 g/mol. The maximum atomic E-state index is 13.2. The van der Waals surface area contributed by atoms with Gasteiger partial charge in [0, 0.05) is 21.5 Å². The van der Waals surface area contributed by atoms with Gasteiger partial charge in [-0.2, -0.15) is 5.10 Å². The van der Waals surface area contributed by atoms with Crippen LogP contribution >= 0.6 is 27.5 Å². The normalized spacial score (nSPS) is 15.2. The zero-order valence-corrected chi connectivity index (χ0v) is 20.0. The molecular formula is C25H20BrClN2O4. The van der Waals surface area contributed by atoms with Crippen molar-refractivity contribution >= 4 is 45.4 Å². The van der Waals surface area contributed by atoms with Crippen molar-refractivity contribution in [3.8, 4) is 11.5 Å². The van der Waals surface area contributed by atoms with Crippen molar-refractivity contribution in [1.82, 2.24) is 5.01 Å². The Morgan fingerprint density at radius 2 is 1.94 bits per heavy atom. The van der Waals surface area contributed by atoms with Crippen molar-refractivity contribution in [2.24, 2.45) is 5.10 Å². The molecule has 1 aliphatic heterocycles. The number of hydrogen-bond donors (Lipinski definition) is 0. The van der Waals surface area contributed by atoms with Crippen LogP contribution in [0.1, 0.15) is 33.9 Å². The molecule has 0 aliphatic carbocycles. The number of rotatable bonds is 7. The fraction of sp³-hybridized carbons (Fsp3) is 0.160. The van der Waals surface area contributed by atoms with Gasteiger partial charge in [0.05, 0.1) is 18.9 Å². The number of halogens is 2. The van der Waals surface area contributed by atoms with Gasteiger partial charge in [-0.15, -0.1) is 0 Å². The summed E-state index contributed by atoms with van der Waals surface area (Å²) in [5, 5.41) is 6.74. The van der Waals surface area contributed by atoms with E-state index in [1.54, 1.807) is 30.3 Å². The lowest BCUT2D eigenvalue weighted by Gasteiger charge is -2.22. The van der Waals surface area contributed by atoms with Gasteiger partial charge >= 0.3 is 0 Å². The highest BCUT2D eigenvalue weighted by Crippen LogP contribution is 2.34. The standard InChI is InChI=1S/C25H20BrClN2O4/c1-32-24-11-16(14-30)5-10-23(24)33-15-25(31)29-22(17-6-8-20(27)9-7-17)13-21(28-29)18-3-2-4-19(26)12-18/h2-12,14,22H,13,15H2,1H3. The van der Waals surface area contributed by atoms with Gasteiger partial charge in [-0.3, -0.25) is 9.59 Å². The largest absolute Gasteiger partial charge is 0.493 e. The molecule has 0 saturated heterocycles. The van der Waals surface area contributed by atoms with Crippen LogP contribution in [0.3, 0.4) is 0 Å². The van der Waals surface area contributed by atoms with E-state index in [9.17, 15) is 9.59 Å². The maximum Gasteiger partial charge on any atom is 0.281 e. The Labute approximate surface area is 204 Å². The first-order valence-corrected chi connectivity index (χ1v) is 11.3. The van der Waals surface area contributed by atoms with Gasteiger partial charge < -0.3 is 9.47 Å². The van der Waals surface area contributed by atoms with Crippen LogP contribution in [-0.2, 0) is 4.79 Å². The summed E-state index contributed by atoms with van der Waals surface area (Å²) in [6, 6.07) is 19.7. The van der Waals surface area contributed by atoms with E-state index in [1.165, 1.54) is 12.1 Å². The van der Waals surface area contributed by atoms with Crippen LogP contribution in [0.15, 0.2) is 76.3 Å². The Balaban J connectivity index is 1.59. The average Bonchev–Trinajstić information content (AvgIpc) is 3.28. The molecule has 0 N–H and O–H groups in total. The van der Waals surface area contributed by atoms with Crippen molar-refractivity contribution in [3.05, 3.63) is 92.9 Å². The number of nitrogens with zero attached hydrogens (tertiary/aromatic N) is 2. The minimum absolute atomic E-state index is 0.240. The quantitative estimate of drug-likeness (QED) is 0.371. The molecule has 168 valence electrons.